The third kappa shape index (κ3) is 4.73. The summed E-state index contributed by atoms with van der Waals surface area (Å²) in [6, 6.07) is 19.9. The molecule has 0 bridgehead atoms. The molecule has 0 amide bonds. The van der Waals surface area contributed by atoms with Crippen molar-refractivity contribution >= 4 is 27.8 Å². The number of pyridine rings is 2. The maximum atomic E-state index is 10.6. The quantitative estimate of drug-likeness (QED) is 0.512. The van der Waals surface area contributed by atoms with E-state index in [0.29, 0.717) is 11.5 Å². The number of benzene rings is 2. The van der Waals surface area contributed by atoms with Gasteiger partial charge >= 0.3 is 12.1 Å². The van der Waals surface area contributed by atoms with Gasteiger partial charge in [-0.2, -0.15) is 13.2 Å². The molecule has 2 aromatic heterocycles. The number of alkyl halides is 3. The molecular weight excluding hydrogens is 373 g/mol. The minimum Gasteiger partial charge on any atom is -0.475 e. The highest BCUT2D eigenvalue weighted by molar-refractivity contribution is 5.80. The second-order valence-electron chi connectivity index (χ2n) is 5.63. The highest BCUT2D eigenvalue weighted by Gasteiger charge is 2.38. The molecule has 2 aromatic carbocycles. The summed E-state index contributed by atoms with van der Waals surface area (Å²) in [5.74, 6) is -1.33. The molecule has 0 fully saturated rings. The summed E-state index contributed by atoms with van der Waals surface area (Å²) in [5.41, 5.74) is 1.92. The minimum absolute atomic E-state index is 0.714. The fraction of sp³-hybridized carbons (Fsp3) is 0.0500. The first-order valence-corrected chi connectivity index (χ1v) is 8.00. The first kappa shape index (κ1) is 19.1. The number of nitrogens with zero attached hydrogens (tertiary/aromatic N) is 2. The van der Waals surface area contributed by atoms with Crippen LogP contribution in [0.2, 0.25) is 0 Å². The van der Waals surface area contributed by atoms with Crippen LogP contribution in [-0.2, 0) is 4.79 Å². The Morgan fingerprint density at radius 2 is 1.21 bits per heavy atom. The Kier molecular flexibility index (Phi) is 5.39. The summed E-state index contributed by atoms with van der Waals surface area (Å²) in [4.78, 5) is 17.7. The molecule has 142 valence electrons. The zero-order valence-electron chi connectivity index (χ0n) is 14.2. The van der Waals surface area contributed by atoms with Crippen molar-refractivity contribution in [3.05, 3.63) is 73.1 Å². The average molecular weight is 386 g/mol. The monoisotopic (exact) mass is 386 g/mol. The second kappa shape index (κ2) is 7.91. The summed E-state index contributed by atoms with van der Waals surface area (Å²) in [6.07, 6.45) is -1.62. The summed E-state index contributed by atoms with van der Waals surface area (Å²) in [7, 11) is 0. The van der Waals surface area contributed by atoms with Gasteiger partial charge in [0, 0.05) is 10.8 Å². The molecule has 0 saturated heterocycles. The lowest BCUT2D eigenvalue weighted by molar-refractivity contribution is -0.192. The molecule has 0 saturated carbocycles. The second-order valence-corrected chi connectivity index (χ2v) is 5.63. The highest BCUT2D eigenvalue weighted by Crippen LogP contribution is 2.25. The van der Waals surface area contributed by atoms with Gasteiger partial charge in [-0.25, -0.2) is 4.79 Å². The Balaban J connectivity index is 0.000000279. The van der Waals surface area contributed by atoms with Crippen LogP contribution in [0.25, 0.3) is 21.8 Å². The molecule has 0 radical (unpaired) electrons. The maximum absolute atomic E-state index is 10.6. The van der Waals surface area contributed by atoms with E-state index in [4.69, 9.17) is 14.6 Å². The lowest BCUT2D eigenvalue weighted by Crippen LogP contribution is -2.21. The molecule has 1 N–H and O–H groups in total. The Hall–Kier alpha value is -3.68. The van der Waals surface area contributed by atoms with Crippen molar-refractivity contribution < 1.29 is 27.8 Å². The van der Waals surface area contributed by atoms with E-state index in [0.717, 1.165) is 21.8 Å². The van der Waals surface area contributed by atoms with Crippen LogP contribution < -0.4 is 4.74 Å². The van der Waals surface area contributed by atoms with Crippen LogP contribution in [0.3, 0.4) is 0 Å². The van der Waals surface area contributed by atoms with E-state index in [2.05, 4.69) is 9.97 Å². The van der Waals surface area contributed by atoms with Gasteiger partial charge in [-0.05, 0) is 24.3 Å². The molecule has 4 rings (SSSR count). The van der Waals surface area contributed by atoms with Gasteiger partial charge in [0.25, 0.3) is 0 Å². The highest BCUT2D eigenvalue weighted by atomic mass is 19.4. The van der Waals surface area contributed by atoms with E-state index in [1.165, 1.54) is 0 Å². The number of carbonyl (C=O) groups is 1. The van der Waals surface area contributed by atoms with Crippen LogP contribution in [0.5, 0.6) is 11.5 Å². The first-order chi connectivity index (χ1) is 13.3. The predicted molar refractivity (Wildman–Crippen MR) is 97.3 cm³/mol. The topological polar surface area (TPSA) is 72.3 Å². The van der Waals surface area contributed by atoms with E-state index in [1.54, 1.807) is 12.4 Å². The number of aromatic nitrogens is 2. The third-order valence-corrected chi connectivity index (χ3v) is 3.61. The van der Waals surface area contributed by atoms with Crippen molar-refractivity contribution in [1.82, 2.24) is 9.97 Å². The summed E-state index contributed by atoms with van der Waals surface area (Å²) < 4.78 is 37.6. The number of fused-ring (bicyclic) bond motifs is 2. The molecule has 2 heterocycles. The molecule has 0 aliphatic heterocycles. The largest absolute Gasteiger partial charge is 0.490 e. The molecule has 4 aromatic rings. The SMILES string of the molecule is O=C(O)C(F)(F)F.c1ccc2ncc(Oc3cnc4ccccc4c3)cc2c1. The van der Waals surface area contributed by atoms with Gasteiger partial charge in [0.2, 0.25) is 0 Å². The van der Waals surface area contributed by atoms with Crippen molar-refractivity contribution in [1.29, 1.82) is 0 Å². The van der Waals surface area contributed by atoms with Gasteiger partial charge < -0.3 is 9.84 Å². The summed E-state index contributed by atoms with van der Waals surface area (Å²) >= 11 is 0. The maximum Gasteiger partial charge on any atom is 0.490 e. The number of carboxylic acids is 1. The summed E-state index contributed by atoms with van der Waals surface area (Å²) in [6.45, 7) is 0. The first-order valence-electron chi connectivity index (χ1n) is 8.00. The van der Waals surface area contributed by atoms with Crippen molar-refractivity contribution in [3.8, 4) is 11.5 Å². The van der Waals surface area contributed by atoms with Gasteiger partial charge in [0.05, 0.1) is 23.4 Å². The number of rotatable bonds is 2. The minimum atomic E-state index is -5.08. The third-order valence-electron chi connectivity index (χ3n) is 3.61. The van der Waals surface area contributed by atoms with Crippen molar-refractivity contribution in [2.75, 3.05) is 0 Å². The lowest BCUT2D eigenvalue weighted by atomic mass is 10.2. The van der Waals surface area contributed by atoms with Gasteiger partial charge in [0.1, 0.15) is 11.5 Å². The number of halogens is 3. The van der Waals surface area contributed by atoms with Crippen LogP contribution in [0.4, 0.5) is 13.2 Å². The van der Waals surface area contributed by atoms with Crippen LogP contribution in [0.1, 0.15) is 0 Å². The predicted octanol–water partition coefficient (Wildman–Crippen LogP) is 5.21. The molecule has 0 spiro atoms. The standard InChI is InChI=1S/C18H12N2O.C2HF3O2/c1-3-7-17-13(5-1)9-15(11-19-17)21-16-10-14-6-2-4-8-18(14)20-12-16;3-2(4,5)1(6)7/h1-12H;(H,6,7). The zero-order chi connectivity index (χ0) is 20.1. The van der Waals surface area contributed by atoms with Gasteiger partial charge in [-0.15, -0.1) is 0 Å². The normalized spacial score (nSPS) is 11.0. The molecular formula is C20H13F3N2O3. The molecule has 0 aliphatic carbocycles. The summed E-state index contributed by atoms with van der Waals surface area (Å²) in [5, 5.41) is 9.24. The van der Waals surface area contributed by atoms with Crippen LogP contribution >= 0.6 is 0 Å². The number of hydrogen-bond acceptors (Lipinski definition) is 4. The number of para-hydroxylation sites is 2. The fourth-order valence-corrected chi connectivity index (χ4v) is 2.35. The van der Waals surface area contributed by atoms with Crippen LogP contribution in [-0.4, -0.2) is 27.2 Å². The fourth-order valence-electron chi connectivity index (χ4n) is 2.35. The van der Waals surface area contributed by atoms with E-state index < -0.39 is 12.1 Å². The van der Waals surface area contributed by atoms with Crippen molar-refractivity contribution in [2.24, 2.45) is 0 Å². The van der Waals surface area contributed by atoms with E-state index in [-0.39, 0.29) is 0 Å². The Morgan fingerprint density at radius 1 is 0.821 bits per heavy atom. The van der Waals surface area contributed by atoms with E-state index >= 15 is 0 Å². The van der Waals surface area contributed by atoms with Gasteiger partial charge in [-0.1, -0.05) is 36.4 Å². The van der Waals surface area contributed by atoms with Crippen molar-refractivity contribution in [2.45, 2.75) is 6.18 Å². The Bertz CT molecular complexity index is 1050. The van der Waals surface area contributed by atoms with E-state index in [1.807, 2.05) is 60.7 Å². The Morgan fingerprint density at radius 3 is 1.61 bits per heavy atom. The van der Waals surface area contributed by atoms with Crippen LogP contribution in [0, 0.1) is 0 Å². The average Bonchev–Trinajstić information content (AvgIpc) is 2.67. The molecule has 28 heavy (non-hydrogen) atoms. The van der Waals surface area contributed by atoms with Crippen molar-refractivity contribution in [3.63, 3.8) is 0 Å². The molecule has 0 unspecified atom stereocenters. The smallest absolute Gasteiger partial charge is 0.475 e. The number of aliphatic carboxylic acids is 1. The Labute approximate surface area is 157 Å². The molecule has 0 aliphatic rings. The molecule has 8 heteroatoms. The van der Waals surface area contributed by atoms with Gasteiger partial charge in [-0.3, -0.25) is 9.97 Å². The van der Waals surface area contributed by atoms with Gasteiger partial charge in [0.15, 0.2) is 0 Å². The molecule has 5 nitrogen and oxygen atoms in total. The number of ether oxygens (including phenoxy) is 1. The lowest BCUT2D eigenvalue weighted by Gasteiger charge is -2.07. The van der Waals surface area contributed by atoms with E-state index in [9.17, 15) is 13.2 Å². The molecule has 0 atom stereocenters. The zero-order valence-corrected chi connectivity index (χ0v) is 14.2. The van der Waals surface area contributed by atoms with Crippen LogP contribution in [0.15, 0.2) is 73.1 Å². The number of carboxylic acid groups (broad SMARTS) is 1. The number of hydrogen-bond donors (Lipinski definition) is 1.